The van der Waals surface area contributed by atoms with Crippen molar-refractivity contribution in [3.8, 4) is 0 Å². The van der Waals surface area contributed by atoms with Crippen LogP contribution in [-0.2, 0) is 4.18 Å². The summed E-state index contributed by atoms with van der Waals surface area (Å²) < 4.78 is 4.99. The molecule has 0 spiro atoms. The molecule has 1 aromatic heterocycles. The summed E-state index contributed by atoms with van der Waals surface area (Å²) in [5, 5.41) is 0. The molecule has 0 bridgehead atoms. The van der Waals surface area contributed by atoms with Gasteiger partial charge in [0.05, 0.1) is 12.0 Å². The highest BCUT2D eigenvalue weighted by atomic mass is 32.2. The van der Waals surface area contributed by atoms with E-state index < -0.39 is 5.97 Å². The third-order valence-corrected chi connectivity index (χ3v) is 2.67. The Bertz CT molecular complexity index is 322. The number of nitrogens with zero attached hydrogens (tertiary/aromatic N) is 2. The smallest absolute Gasteiger partial charge is 0.369 e. The topological polar surface area (TPSA) is 52.1 Å². The highest BCUT2D eigenvalue weighted by Crippen LogP contribution is 2.21. The maximum Gasteiger partial charge on any atom is 0.369 e. The van der Waals surface area contributed by atoms with Crippen molar-refractivity contribution in [3.63, 3.8) is 0 Å². The van der Waals surface area contributed by atoms with Crippen LogP contribution in [0.3, 0.4) is 0 Å². The second-order valence-electron chi connectivity index (χ2n) is 4.29. The van der Waals surface area contributed by atoms with Crippen molar-refractivity contribution in [2.45, 2.75) is 20.8 Å². The largest absolute Gasteiger partial charge is 0.387 e. The summed E-state index contributed by atoms with van der Waals surface area (Å²) in [5.74, 6) is 0.329. The van der Waals surface area contributed by atoms with Crippen molar-refractivity contribution in [1.82, 2.24) is 9.97 Å². The van der Waals surface area contributed by atoms with E-state index in [4.69, 9.17) is 4.18 Å². The predicted molar refractivity (Wildman–Crippen MR) is 59.4 cm³/mol. The van der Waals surface area contributed by atoms with Gasteiger partial charge in [0, 0.05) is 11.9 Å². The van der Waals surface area contributed by atoms with Crippen molar-refractivity contribution in [1.29, 1.82) is 0 Å². The van der Waals surface area contributed by atoms with E-state index in [1.807, 2.05) is 0 Å². The summed E-state index contributed by atoms with van der Waals surface area (Å²) in [5.41, 5.74) is 0.419. The lowest BCUT2D eigenvalue weighted by Gasteiger charge is -2.15. The third kappa shape index (κ3) is 4.78. The van der Waals surface area contributed by atoms with Crippen molar-refractivity contribution >= 4 is 18.0 Å². The van der Waals surface area contributed by atoms with Crippen LogP contribution in [0.4, 0.5) is 0 Å². The molecule has 4 nitrogen and oxygen atoms in total. The number of hydrogen-bond donors (Lipinski definition) is 0. The SMILES string of the molecule is CC(C)(C)CSOC(=O)c1ccncn1. The van der Waals surface area contributed by atoms with Crippen molar-refractivity contribution in [2.24, 2.45) is 5.41 Å². The molecule has 0 aliphatic carbocycles. The summed E-state index contributed by atoms with van der Waals surface area (Å²) in [6, 6.07) is 1.53. The zero-order valence-corrected chi connectivity index (χ0v) is 9.87. The lowest BCUT2D eigenvalue weighted by molar-refractivity contribution is 0.0761. The Balaban J connectivity index is 2.38. The van der Waals surface area contributed by atoms with Crippen molar-refractivity contribution in [3.05, 3.63) is 24.3 Å². The number of rotatable bonds is 3. The van der Waals surface area contributed by atoms with Gasteiger partial charge in [0.25, 0.3) is 0 Å². The first-order chi connectivity index (χ1) is 6.99. The lowest BCUT2D eigenvalue weighted by atomic mass is 10.0. The minimum Gasteiger partial charge on any atom is -0.387 e. The molecule has 1 aromatic rings. The molecule has 0 amide bonds. The molecule has 82 valence electrons. The number of carbonyl (C=O) groups excluding carboxylic acids is 1. The molecule has 0 aromatic carbocycles. The van der Waals surface area contributed by atoms with Gasteiger partial charge in [-0.2, -0.15) is 0 Å². The number of aromatic nitrogens is 2. The van der Waals surface area contributed by atoms with Crippen LogP contribution >= 0.6 is 12.0 Å². The standard InChI is InChI=1S/C10H14N2O2S/c1-10(2,3)6-15-14-9(13)8-4-5-11-7-12-8/h4-5,7H,6H2,1-3H3. The average Bonchev–Trinajstić information content (AvgIpc) is 2.17. The molecule has 0 aliphatic heterocycles. The Morgan fingerprint density at radius 2 is 2.27 bits per heavy atom. The van der Waals surface area contributed by atoms with Gasteiger partial charge >= 0.3 is 5.97 Å². The fraction of sp³-hybridized carbons (Fsp3) is 0.500. The summed E-state index contributed by atoms with van der Waals surface area (Å²) in [7, 11) is 0. The van der Waals surface area contributed by atoms with Gasteiger partial charge in [0.1, 0.15) is 6.33 Å². The normalized spacial score (nSPS) is 11.1. The maximum atomic E-state index is 11.4. The molecule has 1 heterocycles. The highest BCUT2D eigenvalue weighted by Gasteiger charge is 2.14. The zero-order valence-electron chi connectivity index (χ0n) is 9.06. The van der Waals surface area contributed by atoms with Gasteiger partial charge in [-0.05, 0) is 11.5 Å². The second-order valence-corrected chi connectivity index (χ2v) is 4.98. The fourth-order valence-corrected chi connectivity index (χ4v) is 1.32. The molecule has 0 unspecified atom stereocenters. The highest BCUT2D eigenvalue weighted by molar-refractivity contribution is 7.95. The van der Waals surface area contributed by atoms with Gasteiger partial charge < -0.3 is 4.18 Å². The number of hydrogen-bond acceptors (Lipinski definition) is 5. The van der Waals surface area contributed by atoms with E-state index >= 15 is 0 Å². The van der Waals surface area contributed by atoms with E-state index in [1.54, 1.807) is 0 Å². The molecule has 0 aliphatic rings. The molecule has 0 atom stereocenters. The van der Waals surface area contributed by atoms with E-state index in [9.17, 15) is 4.79 Å². The van der Waals surface area contributed by atoms with Crippen LogP contribution < -0.4 is 0 Å². The van der Waals surface area contributed by atoms with E-state index in [2.05, 4.69) is 30.7 Å². The Hall–Kier alpha value is -1.10. The monoisotopic (exact) mass is 226 g/mol. The van der Waals surface area contributed by atoms with Crippen molar-refractivity contribution < 1.29 is 8.98 Å². The van der Waals surface area contributed by atoms with Crippen LogP contribution in [0, 0.1) is 5.41 Å². The molecule has 0 saturated heterocycles. The minimum atomic E-state index is -0.424. The first-order valence-electron chi connectivity index (χ1n) is 4.59. The summed E-state index contributed by atoms with van der Waals surface area (Å²) in [4.78, 5) is 18.9. The van der Waals surface area contributed by atoms with E-state index in [1.165, 1.54) is 18.6 Å². The molecular weight excluding hydrogens is 212 g/mol. The average molecular weight is 226 g/mol. The van der Waals surface area contributed by atoms with Gasteiger partial charge in [0.15, 0.2) is 5.69 Å². The predicted octanol–water partition coefficient (Wildman–Crippen LogP) is 2.33. The Morgan fingerprint density at radius 1 is 1.53 bits per heavy atom. The van der Waals surface area contributed by atoms with Gasteiger partial charge in [-0.1, -0.05) is 20.8 Å². The minimum absolute atomic E-state index is 0.136. The summed E-state index contributed by atoms with van der Waals surface area (Å²) in [6.45, 7) is 6.25. The second kappa shape index (κ2) is 5.11. The number of carbonyl (C=O) groups is 1. The van der Waals surface area contributed by atoms with Crippen LogP contribution in [0.1, 0.15) is 31.3 Å². The van der Waals surface area contributed by atoms with Crippen LogP contribution in [0.25, 0.3) is 0 Å². The zero-order chi connectivity index (χ0) is 11.3. The van der Waals surface area contributed by atoms with Crippen LogP contribution in [0.15, 0.2) is 18.6 Å². The van der Waals surface area contributed by atoms with E-state index in [0.29, 0.717) is 0 Å². The quantitative estimate of drug-likeness (QED) is 0.740. The Labute approximate surface area is 93.7 Å². The molecule has 5 heteroatoms. The van der Waals surface area contributed by atoms with Gasteiger partial charge in [-0.15, -0.1) is 0 Å². The molecule has 0 radical (unpaired) electrons. The molecule has 0 saturated carbocycles. The third-order valence-electron chi connectivity index (χ3n) is 1.42. The molecule has 0 fully saturated rings. The fourth-order valence-electron chi connectivity index (χ4n) is 0.714. The first-order valence-corrected chi connectivity index (χ1v) is 5.50. The van der Waals surface area contributed by atoms with Crippen molar-refractivity contribution in [2.75, 3.05) is 5.75 Å². The summed E-state index contributed by atoms with van der Waals surface area (Å²) >= 11 is 1.15. The van der Waals surface area contributed by atoms with Gasteiger partial charge in [0.2, 0.25) is 0 Å². The van der Waals surface area contributed by atoms with Crippen LogP contribution in [0.2, 0.25) is 0 Å². The van der Waals surface area contributed by atoms with E-state index in [0.717, 1.165) is 17.8 Å². The molecule has 15 heavy (non-hydrogen) atoms. The van der Waals surface area contributed by atoms with Crippen LogP contribution in [-0.4, -0.2) is 21.7 Å². The van der Waals surface area contributed by atoms with Gasteiger partial charge in [-0.3, -0.25) is 0 Å². The van der Waals surface area contributed by atoms with Gasteiger partial charge in [-0.25, -0.2) is 14.8 Å². The summed E-state index contributed by atoms with van der Waals surface area (Å²) in [6.07, 6.45) is 2.84. The van der Waals surface area contributed by atoms with Crippen LogP contribution in [0.5, 0.6) is 0 Å². The molecule has 0 N–H and O–H groups in total. The lowest BCUT2D eigenvalue weighted by Crippen LogP contribution is -2.10. The first kappa shape index (κ1) is 12.0. The maximum absolute atomic E-state index is 11.4. The Kier molecular flexibility index (Phi) is 4.08. The van der Waals surface area contributed by atoms with E-state index in [-0.39, 0.29) is 11.1 Å². The Morgan fingerprint density at radius 3 is 2.80 bits per heavy atom. The molecular formula is C10H14N2O2S. The molecule has 1 rings (SSSR count).